The van der Waals surface area contributed by atoms with Gasteiger partial charge < -0.3 is 15.2 Å². The molecule has 0 aromatic heterocycles. The number of aromatic hydroxyl groups is 1. The van der Waals surface area contributed by atoms with Gasteiger partial charge in [-0.15, -0.1) is 0 Å². The van der Waals surface area contributed by atoms with Crippen LogP contribution in [0.2, 0.25) is 0 Å². The Morgan fingerprint density at radius 3 is 2.37 bits per heavy atom. The second-order valence-electron chi connectivity index (χ2n) is 8.63. The molecule has 1 heterocycles. The standard InChI is InChI=1S/C25H31N3O2/c1-27-25-20-9-10-21(25)17-28(16-20)24(30-23-13-11-22(29)12-14-23)4-2-3-18-5-7-19(15-26)8-6-18/h5-8,11-14,20-21,24-25,27,29H,2-4,9-10,16-17H2,1H3. The molecule has 1 saturated carbocycles. The second kappa shape index (κ2) is 9.51. The van der Waals surface area contributed by atoms with E-state index in [1.807, 2.05) is 36.4 Å². The lowest BCUT2D eigenvalue weighted by molar-refractivity contribution is -0.0212. The van der Waals surface area contributed by atoms with Crippen LogP contribution in [0.4, 0.5) is 0 Å². The number of rotatable bonds is 8. The van der Waals surface area contributed by atoms with Crippen molar-refractivity contribution in [3.63, 3.8) is 0 Å². The summed E-state index contributed by atoms with van der Waals surface area (Å²) in [6.45, 7) is 2.14. The third kappa shape index (κ3) is 4.77. The molecule has 0 amide bonds. The number of phenols is 1. The van der Waals surface area contributed by atoms with E-state index < -0.39 is 0 Å². The van der Waals surface area contributed by atoms with E-state index in [2.05, 4.69) is 23.3 Å². The summed E-state index contributed by atoms with van der Waals surface area (Å²) < 4.78 is 6.43. The highest BCUT2D eigenvalue weighted by Crippen LogP contribution is 2.38. The third-order valence-electron chi connectivity index (χ3n) is 6.71. The highest BCUT2D eigenvalue weighted by Gasteiger charge is 2.43. The molecule has 1 aliphatic heterocycles. The maximum atomic E-state index is 9.59. The van der Waals surface area contributed by atoms with E-state index in [9.17, 15) is 5.11 Å². The summed E-state index contributed by atoms with van der Waals surface area (Å²) in [4.78, 5) is 2.53. The van der Waals surface area contributed by atoms with Crippen molar-refractivity contribution in [2.24, 2.45) is 11.8 Å². The van der Waals surface area contributed by atoms with E-state index in [-0.39, 0.29) is 12.0 Å². The highest BCUT2D eigenvalue weighted by atomic mass is 16.5. The summed E-state index contributed by atoms with van der Waals surface area (Å²) in [5, 5.41) is 22.1. The number of ether oxygens (including phenoxy) is 1. The van der Waals surface area contributed by atoms with Gasteiger partial charge in [0.25, 0.3) is 0 Å². The molecule has 2 fully saturated rings. The van der Waals surface area contributed by atoms with E-state index in [4.69, 9.17) is 10.00 Å². The van der Waals surface area contributed by atoms with Crippen molar-refractivity contribution in [2.75, 3.05) is 20.1 Å². The minimum atomic E-state index is 0.0360. The van der Waals surface area contributed by atoms with Crippen LogP contribution in [0.25, 0.3) is 0 Å². The molecule has 1 aliphatic carbocycles. The molecule has 0 radical (unpaired) electrons. The van der Waals surface area contributed by atoms with E-state index in [0.29, 0.717) is 23.4 Å². The fraction of sp³-hybridized carbons (Fsp3) is 0.480. The van der Waals surface area contributed by atoms with Crippen LogP contribution in [-0.4, -0.2) is 42.4 Å². The molecule has 1 saturated heterocycles. The van der Waals surface area contributed by atoms with Gasteiger partial charge in [-0.25, -0.2) is 0 Å². The van der Waals surface area contributed by atoms with Crippen LogP contribution in [0.5, 0.6) is 11.5 Å². The molecule has 3 atom stereocenters. The molecule has 158 valence electrons. The number of nitrogens with zero attached hydrogens (tertiary/aromatic N) is 2. The molecule has 2 N–H and O–H groups in total. The SMILES string of the molecule is CNC1C2CCC1CN(C(CCCc1ccc(C#N)cc1)Oc1ccc(O)cc1)C2. The lowest BCUT2D eigenvalue weighted by Gasteiger charge is -2.41. The fourth-order valence-corrected chi connectivity index (χ4v) is 5.19. The van der Waals surface area contributed by atoms with Crippen LogP contribution in [0.15, 0.2) is 48.5 Å². The van der Waals surface area contributed by atoms with Crippen LogP contribution < -0.4 is 10.1 Å². The van der Waals surface area contributed by atoms with Gasteiger partial charge in [0.2, 0.25) is 0 Å². The first-order chi connectivity index (χ1) is 14.7. The Bertz CT molecular complexity index is 845. The number of aryl methyl sites for hydroxylation is 1. The zero-order chi connectivity index (χ0) is 20.9. The Morgan fingerprint density at radius 2 is 1.77 bits per heavy atom. The Kier molecular flexibility index (Phi) is 6.56. The lowest BCUT2D eigenvalue weighted by Crippen LogP contribution is -2.54. The minimum absolute atomic E-state index is 0.0360. The van der Waals surface area contributed by atoms with Crippen molar-refractivity contribution >= 4 is 0 Å². The largest absolute Gasteiger partial charge is 0.508 e. The Morgan fingerprint density at radius 1 is 1.10 bits per heavy atom. The van der Waals surface area contributed by atoms with Crippen molar-refractivity contribution in [3.05, 3.63) is 59.7 Å². The number of fused-ring (bicyclic) bond motifs is 2. The summed E-state index contributed by atoms with van der Waals surface area (Å²) in [5.41, 5.74) is 1.96. The van der Waals surface area contributed by atoms with Gasteiger partial charge in [-0.3, -0.25) is 4.90 Å². The van der Waals surface area contributed by atoms with Crippen LogP contribution >= 0.6 is 0 Å². The topological polar surface area (TPSA) is 68.5 Å². The van der Waals surface area contributed by atoms with Gasteiger partial charge in [0, 0.05) is 19.1 Å². The maximum absolute atomic E-state index is 9.59. The zero-order valence-electron chi connectivity index (χ0n) is 17.6. The summed E-state index contributed by atoms with van der Waals surface area (Å²) in [5.74, 6) is 2.45. The first kappa shape index (κ1) is 20.7. The van der Waals surface area contributed by atoms with E-state index in [1.165, 1.54) is 18.4 Å². The number of nitriles is 1. The van der Waals surface area contributed by atoms with Crippen molar-refractivity contribution in [1.82, 2.24) is 10.2 Å². The molecule has 2 aromatic carbocycles. The number of hydrogen-bond acceptors (Lipinski definition) is 5. The van der Waals surface area contributed by atoms with Crippen LogP contribution in [-0.2, 0) is 6.42 Å². The molecule has 3 unspecified atom stereocenters. The zero-order valence-corrected chi connectivity index (χ0v) is 17.6. The van der Waals surface area contributed by atoms with Gasteiger partial charge >= 0.3 is 0 Å². The van der Waals surface area contributed by atoms with E-state index >= 15 is 0 Å². The first-order valence-electron chi connectivity index (χ1n) is 11.0. The average Bonchev–Trinajstić information content (AvgIpc) is 3.02. The number of phenolic OH excluding ortho intramolecular Hbond substituents is 1. The predicted octanol–water partition coefficient (Wildman–Crippen LogP) is 3.92. The molecule has 5 heteroatoms. The van der Waals surface area contributed by atoms with E-state index in [0.717, 1.165) is 38.1 Å². The summed E-state index contributed by atoms with van der Waals surface area (Å²) >= 11 is 0. The highest BCUT2D eigenvalue weighted by molar-refractivity contribution is 5.32. The number of piperidine rings is 1. The summed E-state index contributed by atoms with van der Waals surface area (Å²) in [6.07, 6.45) is 5.57. The van der Waals surface area contributed by atoms with Crippen molar-refractivity contribution in [3.8, 4) is 17.6 Å². The van der Waals surface area contributed by atoms with Crippen LogP contribution in [0, 0.1) is 23.2 Å². The minimum Gasteiger partial charge on any atom is -0.508 e. The van der Waals surface area contributed by atoms with Gasteiger partial charge in [0.15, 0.2) is 6.23 Å². The molecule has 4 rings (SSSR count). The van der Waals surface area contributed by atoms with Gasteiger partial charge in [-0.1, -0.05) is 12.1 Å². The predicted molar refractivity (Wildman–Crippen MR) is 117 cm³/mol. The average molecular weight is 406 g/mol. The quantitative estimate of drug-likeness (QED) is 0.697. The van der Waals surface area contributed by atoms with Crippen LogP contribution in [0.1, 0.15) is 36.8 Å². The maximum Gasteiger partial charge on any atom is 0.152 e. The van der Waals surface area contributed by atoms with Gasteiger partial charge in [0.05, 0.1) is 11.6 Å². The molecule has 5 nitrogen and oxygen atoms in total. The normalized spacial score (nSPS) is 24.3. The second-order valence-corrected chi connectivity index (χ2v) is 8.63. The van der Waals surface area contributed by atoms with Gasteiger partial charge in [0.1, 0.15) is 11.5 Å². The van der Waals surface area contributed by atoms with Crippen molar-refractivity contribution in [1.29, 1.82) is 5.26 Å². The molecular weight excluding hydrogens is 374 g/mol. The number of nitrogens with one attached hydrogen (secondary N) is 1. The molecule has 2 aliphatic rings. The molecule has 0 spiro atoms. The first-order valence-corrected chi connectivity index (χ1v) is 11.0. The Labute approximate surface area is 179 Å². The molecule has 2 bridgehead atoms. The number of likely N-dealkylation sites (tertiary alicyclic amines) is 1. The number of hydrogen-bond donors (Lipinski definition) is 2. The monoisotopic (exact) mass is 405 g/mol. The molecular formula is C25H31N3O2. The van der Waals surface area contributed by atoms with Crippen molar-refractivity contribution < 1.29 is 9.84 Å². The van der Waals surface area contributed by atoms with Crippen LogP contribution in [0.3, 0.4) is 0 Å². The Hall–Kier alpha value is -2.55. The Balaban J connectivity index is 1.42. The number of benzene rings is 2. The molecule has 2 aromatic rings. The van der Waals surface area contributed by atoms with E-state index in [1.54, 1.807) is 12.1 Å². The molecule has 30 heavy (non-hydrogen) atoms. The van der Waals surface area contributed by atoms with Gasteiger partial charge in [-0.2, -0.15) is 5.26 Å². The summed E-state index contributed by atoms with van der Waals surface area (Å²) in [6, 6.07) is 17.7. The lowest BCUT2D eigenvalue weighted by atomic mass is 9.91. The summed E-state index contributed by atoms with van der Waals surface area (Å²) in [7, 11) is 2.09. The third-order valence-corrected chi connectivity index (χ3v) is 6.71. The fourth-order valence-electron chi connectivity index (χ4n) is 5.19. The smallest absolute Gasteiger partial charge is 0.152 e. The van der Waals surface area contributed by atoms with Crippen molar-refractivity contribution in [2.45, 2.75) is 44.4 Å². The van der Waals surface area contributed by atoms with Gasteiger partial charge in [-0.05, 0) is 92.9 Å².